The first-order valence-corrected chi connectivity index (χ1v) is 6.71. The second kappa shape index (κ2) is 5.03. The van der Waals surface area contributed by atoms with Gasteiger partial charge in [-0.05, 0) is 57.5 Å². The summed E-state index contributed by atoms with van der Waals surface area (Å²) < 4.78 is 5.55. The van der Waals surface area contributed by atoms with E-state index in [-0.39, 0.29) is 5.54 Å². The maximum atomic E-state index is 5.87. The lowest BCUT2D eigenvalue weighted by atomic mass is 9.66. The third-order valence-electron chi connectivity index (χ3n) is 4.49. The van der Waals surface area contributed by atoms with Gasteiger partial charge in [0.05, 0.1) is 6.61 Å². The van der Waals surface area contributed by atoms with Crippen molar-refractivity contribution >= 4 is 0 Å². The molecule has 0 aromatic carbocycles. The third-order valence-corrected chi connectivity index (χ3v) is 4.49. The van der Waals surface area contributed by atoms with Crippen LogP contribution in [0.1, 0.15) is 45.4 Å². The molecule has 1 heterocycles. The fourth-order valence-corrected chi connectivity index (χ4v) is 2.94. The van der Waals surface area contributed by atoms with Crippen LogP contribution in [0.3, 0.4) is 0 Å². The minimum absolute atomic E-state index is 0.206. The van der Waals surface area contributed by atoms with Gasteiger partial charge in [0.15, 0.2) is 0 Å². The van der Waals surface area contributed by atoms with Gasteiger partial charge in [-0.1, -0.05) is 6.42 Å². The molecule has 1 saturated heterocycles. The number of hydrogen-bond acceptors (Lipinski definition) is 3. The molecule has 94 valence electrons. The summed E-state index contributed by atoms with van der Waals surface area (Å²) in [5.74, 6) is 0. The van der Waals surface area contributed by atoms with Crippen molar-refractivity contribution in [3.05, 3.63) is 0 Å². The average molecular weight is 226 g/mol. The molecule has 2 aliphatic rings. The molecule has 1 atom stereocenters. The summed E-state index contributed by atoms with van der Waals surface area (Å²) in [6, 6.07) is 0. The van der Waals surface area contributed by atoms with Crippen molar-refractivity contribution < 1.29 is 4.74 Å². The Labute approximate surface area is 99.1 Å². The predicted octanol–water partition coefficient (Wildman–Crippen LogP) is 1.66. The van der Waals surface area contributed by atoms with Gasteiger partial charge in [0.1, 0.15) is 0 Å². The van der Waals surface area contributed by atoms with Crippen molar-refractivity contribution in [2.24, 2.45) is 11.1 Å². The van der Waals surface area contributed by atoms with E-state index < -0.39 is 0 Å². The fraction of sp³-hybridized carbons (Fsp3) is 1.00. The monoisotopic (exact) mass is 226 g/mol. The van der Waals surface area contributed by atoms with Crippen LogP contribution in [0.5, 0.6) is 0 Å². The highest BCUT2D eigenvalue weighted by Gasteiger charge is 2.35. The molecule has 1 saturated carbocycles. The molecule has 2 fully saturated rings. The van der Waals surface area contributed by atoms with Crippen LogP contribution in [0.25, 0.3) is 0 Å². The topological polar surface area (TPSA) is 47.3 Å². The van der Waals surface area contributed by atoms with Gasteiger partial charge >= 0.3 is 0 Å². The largest absolute Gasteiger partial charge is 0.380 e. The van der Waals surface area contributed by atoms with Crippen LogP contribution in [0.4, 0.5) is 0 Å². The molecule has 0 bridgehead atoms. The standard InChI is InChI=1S/C13H26N2O/c1-12(4-3-9-16-11-12)15-8-7-13(10-14)5-2-6-13/h15H,2-11,14H2,1H3. The van der Waals surface area contributed by atoms with Crippen molar-refractivity contribution in [3.63, 3.8) is 0 Å². The van der Waals surface area contributed by atoms with Gasteiger partial charge in [-0.15, -0.1) is 0 Å². The lowest BCUT2D eigenvalue weighted by Crippen LogP contribution is -2.51. The summed E-state index contributed by atoms with van der Waals surface area (Å²) in [5, 5.41) is 3.68. The molecule has 2 rings (SSSR count). The molecule has 1 aliphatic heterocycles. The minimum atomic E-state index is 0.206. The van der Waals surface area contributed by atoms with Crippen LogP contribution < -0.4 is 11.1 Å². The highest BCUT2D eigenvalue weighted by atomic mass is 16.5. The van der Waals surface area contributed by atoms with Gasteiger partial charge in [-0.2, -0.15) is 0 Å². The zero-order chi connectivity index (χ0) is 11.5. The van der Waals surface area contributed by atoms with E-state index in [9.17, 15) is 0 Å². The van der Waals surface area contributed by atoms with Crippen molar-refractivity contribution in [1.29, 1.82) is 0 Å². The molecule has 0 radical (unpaired) electrons. The first kappa shape index (κ1) is 12.3. The molecule has 16 heavy (non-hydrogen) atoms. The van der Waals surface area contributed by atoms with Gasteiger partial charge in [0.25, 0.3) is 0 Å². The van der Waals surface area contributed by atoms with Gasteiger partial charge in [0.2, 0.25) is 0 Å². The Balaban J connectivity index is 1.70. The summed E-state index contributed by atoms with van der Waals surface area (Å²) in [7, 11) is 0. The van der Waals surface area contributed by atoms with Crippen LogP contribution in [-0.2, 0) is 4.74 Å². The molecule has 3 nitrogen and oxygen atoms in total. The van der Waals surface area contributed by atoms with Crippen molar-refractivity contribution in [1.82, 2.24) is 5.32 Å². The summed E-state index contributed by atoms with van der Waals surface area (Å²) in [4.78, 5) is 0. The summed E-state index contributed by atoms with van der Waals surface area (Å²) in [6.45, 7) is 6.04. The number of ether oxygens (including phenoxy) is 1. The summed E-state index contributed by atoms with van der Waals surface area (Å²) in [6.07, 6.45) is 7.70. The average Bonchev–Trinajstić information content (AvgIpc) is 2.23. The van der Waals surface area contributed by atoms with Crippen LogP contribution in [-0.4, -0.2) is 31.8 Å². The number of hydrogen-bond donors (Lipinski definition) is 2. The number of nitrogens with two attached hydrogens (primary N) is 1. The fourth-order valence-electron chi connectivity index (χ4n) is 2.94. The quantitative estimate of drug-likeness (QED) is 0.749. The van der Waals surface area contributed by atoms with Crippen LogP contribution in [0.15, 0.2) is 0 Å². The van der Waals surface area contributed by atoms with Crippen molar-refractivity contribution in [2.75, 3.05) is 26.3 Å². The summed E-state index contributed by atoms with van der Waals surface area (Å²) in [5.41, 5.74) is 6.55. The SMILES string of the molecule is CC1(NCCC2(CN)CCC2)CCCOC1. The zero-order valence-corrected chi connectivity index (χ0v) is 10.6. The Hall–Kier alpha value is -0.120. The van der Waals surface area contributed by atoms with Gasteiger partial charge < -0.3 is 15.8 Å². The Morgan fingerprint density at radius 1 is 1.25 bits per heavy atom. The van der Waals surface area contributed by atoms with E-state index in [1.54, 1.807) is 0 Å². The smallest absolute Gasteiger partial charge is 0.0645 e. The summed E-state index contributed by atoms with van der Waals surface area (Å²) >= 11 is 0. The molecule has 3 N–H and O–H groups in total. The van der Waals surface area contributed by atoms with E-state index in [0.717, 1.165) is 26.3 Å². The normalized spacial score (nSPS) is 33.4. The van der Waals surface area contributed by atoms with E-state index in [1.165, 1.54) is 38.5 Å². The zero-order valence-electron chi connectivity index (χ0n) is 10.6. The van der Waals surface area contributed by atoms with Crippen LogP contribution >= 0.6 is 0 Å². The second-order valence-electron chi connectivity index (χ2n) is 5.95. The first-order valence-electron chi connectivity index (χ1n) is 6.71. The van der Waals surface area contributed by atoms with Crippen molar-refractivity contribution in [3.8, 4) is 0 Å². The van der Waals surface area contributed by atoms with Gasteiger partial charge in [0, 0.05) is 12.1 Å². The molecular weight excluding hydrogens is 200 g/mol. The van der Waals surface area contributed by atoms with Gasteiger partial charge in [-0.25, -0.2) is 0 Å². The molecule has 0 spiro atoms. The molecule has 1 aliphatic carbocycles. The molecule has 0 aromatic heterocycles. The molecule has 3 heteroatoms. The minimum Gasteiger partial charge on any atom is -0.380 e. The highest BCUT2D eigenvalue weighted by Crippen LogP contribution is 2.42. The van der Waals surface area contributed by atoms with Crippen LogP contribution in [0.2, 0.25) is 0 Å². The van der Waals surface area contributed by atoms with Gasteiger partial charge in [-0.3, -0.25) is 0 Å². The lowest BCUT2D eigenvalue weighted by Gasteiger charge is -2.42. The molecule has 1 unspecified atom stereocenters. The third kappa shape index (κ3) is 2.76. The highest BCUT2D eigenvalue weighted by molar-refractivity contribution is 4.91. The Kier molecular flexibility index (Phi) is 3.88. The van der Waals surface area contributed by atoms with Crippen molar-refractivity contribution in [2.45, 2.75) is 51.0 Å². The van der Waals surface area contributed by atoms with E-state index >= 15 is 0 Å². The van der Waals surface area contributed by atoms with Crippen LogP contribution in [0, 0.1) is 5.41 Å². The molecule has 0 amide bonds. The molecular formula is C13H26N2O. The second-order valence-corrected chi connectivity index (χ2v) is 5.95. The Bertz CT molecular complexity index is 214. The van der Waals surface area contributed by atoms with E-state index in [4.69, 9.17) is 10.5 Å². The number of rotatable bonds is 5. The van der Waals surface area contributed by atoms with E-state index in [0.29, 0.717) is 5.41 Å². The van der Waals surface area contributed by atoms with E-state index in [1.807, 2.05) is 0 Å². The maximum absolute atomic E-state index is 5.87. The molecule has 0 aromatic rings. The Morgan fingerprint density at radius 3 is 2.56 bits per heavy atom. The number of nitrogens with one attached hydrogen (secondary N) is 1. The predicted molar refractivity (Wildman–Crippen MR) is 66.4 cm³/mol. The Morgan fingerprint density at radius 2 is 2.06 bits per heavy atom. The maximum Gasteiger partial charge on any atom is 0.0645 e. The van der Waals surface area contributed by atoms with E-state index in [2.05, 4.69) is 12.2 Å². The first-order chi connectivity index (χ1) is 7.68. The lowest BCUT2D eigenvalue weighted by molar-refractivity contribution is 0.0248.